The van der Waals surface area contributed by atoms with E-state index in [1.807, 2.05) is 0 Å². The van der Waals surface area contributed by atoms with Gasteiger partial charge in [-0.2, -0.15) is 5.26 Å². The lowest BCUT2D eigenvalue weighted by atomic mass is 9.96. The number of benzene rings is 1. The molecule has 0 atom stereocenters. The molecular formula is C23H21N3O4S3. The number of rotatable bonds is 6. The van der Waals surface area contributed by atoms with E-state index >= 15 is 0 Å². The Morgan fingerprint density at radius 3 is 2.82 bits per heavy atom. The van der Waals surface area contributed by atoms with Gasteiger partial charge in [0.2, 0.25) is 0 Å². The van der Waals surface area contributed by atoms with Crippen molar-refractivity contribution < 1.29 is 19.1 Å². The van der Waals surface area contributed by atoms with Gasteiger partial charge in [-0.25, -0.2) is 0 Å². The van der Waals surface area contributed by atoms with Crippen LogP contribution in [0.4, 0.5) is 5.00 Å². The molecule has 0 saturated carbocycles. The minimum atomic E-state index is -0.345. The number of nitriles is 1. The first-order chi connectivity index (χ1) is 15.9. The van der Waals surface area contributed by atoms with Gasteiger partial charge in [-0.15, -0.1) is 11.3 Å². The number of amides is 2. The van der Waals surface area contributed by atoms with Crippen LogP contribution in [0, 0.1) is 11.3 Å². The van der Waals surface area contributed by atoms with Gasteiger partial charge < -0.3 is 14.8 Å². The van der Waals surface area contributed by atoms with Crippen LogP contribution >= 0.6 is 35.3 Å². The Bertz CT molecular complexity index is 1210. The summed E-state index contributed by atoms with van der Waals surface area (Å²) in [5, 5.41) is 13.0. The van der Waals surface area contributed by atoms with Crippen LogP contribution in [-0.2, 0) is 22.4 Å². The summed E-state index contributed by atoms with van der Waals surface area (Å²) in [6, 6.07) is 7.44. The molecule has 1 aliphatic heterocycles. The number of nitrogens with zero attached hydrogens (tertiary/aromatic N) is 2. The number of thioether (sulfide) groups is 1. The zero-order valence-corrected chi connectivity index (χ0v) is 20.5. The number of hydrogen-bond donors (Lipinski definition) is 1. The number of ether oxygens (including phenoxy) is 2. The predicted molar refractivity (Wildman–Crippen MR) is 134 cm³/mol. The van der Waals surface area contributed by atoms with E-state index in [9.17, 15) is 14.9 Å². The summed E-state index contributed by atoms with van der Waals surface area (Å²) in [5.41, 5.74) is 2.39. The minimum absolute atomic E-state index is 0.145. The number of thiocarbonyl (C=S) groups is 1. The Morgan fingerprint density at radius 1 is 1.33 bits per heavy atom. The summed E-state index contributed by atoms with van der Waals surface area (Å²) >= 11 is 7.88. The fourth-order valence-corrected chi connectivity index (χ4v) is 6.10. The molecule has 1 saturated heterocycles. The Kier molecular flexibility index (Phi) is 7.02. The van der Waals surface area contributed by atoms with Crippen LogP contribution in [0.5, 0.6) is 11.5 Å². The van der Waals surface area contributed by atoms with Gasteiger partial charge >= 0.3 is 0 Å². The third kappa shape index (κ3) is 4.90. The van der Waals surface area contributed by atoms with E-state index in [0.717, 1.165) is 36.8 Å². The van der Waals surface area contributed by atoms with Crippen LogP contribution in [0.15, 0.2) is 23.1 Å². The van der Waals surface area contributed by atoms with Crippen LogP contribution < -0.4 is 14.8 Å². The second-order valence-electron chi connectivity index (χ2n) is 7.51. The lowest BCUT2D eigenvalue weighted by Crippen LogP contribution is -2.22. The number of anilines is 1. The Balaban J connectivity index is 1.43. The normalized spacial score (nSPS) is 16.5. The van der Waals surface area contributed by atoms with Crippen molar-refractivity contribution in [2.24, 2.45) is 0 Å². The first kappa shape index (κ1) is 23.3. The SMILES string of the molecule is COc1cc(/C=C2\SC(=S)N(C)C2=O)ccc1OCC(=O)Nc1sc2c(c1C#N)CCCC2. The van der Waals surface area contributed by atoms with Gasteiger partial charge in [-0.3, -0.25) is 14.5 Å². The summed E-state index contributed by atoms with van der Waals surface area (Å²) in [7, 11) is 3.15. The fraction of sp³-hybridized carbons (Fsp3) is 0.304. The number of aryl methyl sites for hydroxylation is 1. The van der Waals surface area contributed by atoms with Crippen LogP contribution in [-0.4, -0.2) is 41.8 Å². The van der Waals surface area contributed by atoms with E-state index < -0.39 is 0 Å². The van der Waals surface area contributed by atoms with Gasteiger partial charge in [0.05, 0.1) is 17.6 Å². The lowest BCUT2D eigenvalue weighted by Gasteiger charge is -2.11. The van der Waals surface area contributed by atoms with Crippen molar-refractivity contribution in [2.75, 3.05) is 26.1 Å². The standard InChI is InChI=1S/C23H21N3O4S3/c1-26-22(28)19(33-23(26)31)10-13-7-8-16(17(9-13)29-2)30-12-20(27)25-21-15(11-24)14-5-3-4-6-18(14)32-21/h7-10H,3-6,12H2,1-2H3,(H,25,27)/b19-10-. The van der Waals surface area contributed by atoms with E-state index in [-0.39, 0.29) is 18.4 Å². The molecule has 1 N–H and O–H groups in total. The number of likely N-dealkylation sites (N-methyl/N-ethyl adjacent to an activating group) is 1. The van der Waals surface area contributed by atoms with Crippen molar-refractivity contribution in [3.8, 4) is 17.6 Å². The molecule has 2 aromatic rings. The molecule has 1 aromatic heterocycles. The van der Waals surface area contributed by atoms with Gasteiger partial charge in [-0.1, -0.05) is 30.0 Å². The molecule has 33 heavy (non-hydrogen) atoms. The topological polar surface area (TPSA) is 91.7 Å². The first-order valence-electron chi connectivity index (χ1n) is 10.3. The van der Waals surface area contributed by atoms with E-state index in [2.05, 4.69) is 11.4 Å². The molecule has 1 fully saturated rings. The third-order valence-electron chi connectivity index (χ3n) is 5.37. The van der Waals surface area contributed by atoms with Crippen LogP contribution in [0.2, 0.25) is 0 Å². The summed E-state index contributed by atoms with van der Waals surface area (Å²) in [4.78, 5) is 27.9. The van der Waals surface area contributed by atoms with Gasteiger partial charge in [0, 0.05) is 11.9 Å². The van der Waals surface area contributed by atoms with E-state index in [1.165, 1.54) is 40.0 Å². The Labute approximate surface area is 205 Å². The van der Waals surface area contributed by atoms with Crippen molar-refractivity contribution >= 4 is 62.5 Å². The highest BCUT2D eigenvalue weighted by Crippen LogP contribution is 2.38. The minimum Gasteiger partial charge on any atom is -0.493 e. The zero-order valence-electron chi connectivity index (χ0n) is 18.1. The second kappa shape index (κ2) is 9.95. The van der Waals surface area contributed by atoms with Crippen molar-refractivity contribution in [1.82, 2.24) is 4.90 Å². The number of carbonyl (C=O) groups excluding carboxylic acids is 2. The van der Waals surface area contributed by atoms with Crippen LogP contribution in [0.1, 0.15) is 34.4 Å². The zero-order chi connectivity index (χ0) is 23.5. The molecule has 0 radical (unpaired) electrons. The molecule has 170 valence electrons. The van der Waals surface area contributed by atoms with Gasteiger partial charge in [0.1, 0.15) is 15.4 Å². The largest absolute Gasteiger partial charge is 0.493 e. The smallest absolute Gasteiger partial charge is 0.265 e. The molecule has 2 heterocycles. The van der Waals surface area contributed by atoms with Gasteiger partial charge in [-0.05, 0) is 55.0 Å². The van der Waals surface area contributed by atoms with Crippen LogP contribution in [0.3, 0.4) is 0 Å². The maximum Gasteiger partial charge on any atom is 0.265 e. The van der Waals surface area contributed by atoms with E-state index in [4.69, 9.17) is 21.7 Å². The molecule has 1 aromatic carbocycles. The highest BCUT2D eigenvalue weighted by molar-refractivity contribution is 8.26. The van der Waals surface area contributed by atoms with Crippen LogP contribution in [0.25, 0.3) is 6.08 Å². The van der Waals surface area contributed by atoms with E-state index in [0.29, 0.717) is 31.3 Å². The molecule has 10 heteroatoms. The summed E-state index contributed by atoms with van der Waals surface area (Å²) in [6.07, 6.45) is 5.75. The third-order valence-corrected chi connectivity index (χ3v) is 8.06. The monoisotopic (exact) mass is 499 g/mol. The van der Waals surface area contributed by atoms with Gasteiger partial charge in [0.15, 0.2) is 18.1 Å². The number of hydrogen-bond acceptors (Lipinski definition) is 8. The molecule has 2 aliphatic rings. The Hall–Kier alpha value is -2.87. The van der Waals surface area contributed by atoms with Crippen molar-refractivity contribution in [3.63, 3.8) is 0 Å². The highest BCUT2D eigenvalue weighted by Gasteiger charge is 2.28. The molecule has 0 unspecified atom stereocenters. The average molecular weight is 500 g/mol. The van der Waals surface area contributed by atoms with E-state index in [1.54, 1.807) is 31.3 Å². The van der Waals surface area contributed by atoms with Crippen molar-refractivity contribution in [3.05, 3.63) is 44.7 Å². The predicted octanol–water partition coefficient (Wildman–Crippen LogP) is 4.36. The number of thiophene rings is 1. The second-order valence-corrected chi connectivity index (χ2v) is 10.3. The molecule has 0 bridgehead atoms. The number of carbonyl (C=O) groups is 2. The average Bonchev–Trinajstić information content (AvgIpc) is 3.29. The molecular weight excluding hydrogens is 478 g/mol. The number of methoxy groups -OCH3 is 1. The first-order valence-corrected chi connectivity index (χ1v) is 12.3. The summed E-state index contributed by atoms with van der Waals surface area (Å²) < 4.78 is 11.6. The fourth-order valence-electron chi connectivity index (χ4n) is 3.67. The Morgan fingerprint density at radius 2 is 2.12 bits per heavy atom. The quantitative estimate of drug-likeness (QED) is 0.466. The molecule has 1 aliphatic carbocycles. The number of nitrogens with one attached hydrogen (secondary N) is 1. The lowest BCUT2D eigenvalue weighted by molar-refractivity contribution is -0.121. The molecule has 7 nitrogen and oxygen atoms in total. The molecule has 4 rings (SSSR count). The summed E-state index contributed by atoms with van der Waals surface area (Å²) in [6.45, 7) is -0.225. The number of fused-ring (bicyclic) bond motifs is 1. The highest BCUT2D eigenvalue weighted by atomic mass is 32.2. The van der Waals surface area contributed by atoms with Crippen molar-refractivity contribution in [1.29, 1.82) is 5.26 Å². The molecule has 2 amide bonds. The summed E-state index contributed by atoms with van der Waals surface area (Å²) in [5.74, 6) is 0.349. The molecule has 0 spiro atoms. The maximum absolute atomic E-state index is 12.5. The van der Waals surface area contributed by atoms with Crippen molar-refractivity contribution in [2.45, 2.75) is 25.7 Å². The maximum atomic E-state index is 12.5. The van der Waals surface area contributed by atoms with Gasteiger partial charge in [0.25, 0.3) is 11.8 Å².